The third-order valence-corrected chi connectivity index (χ3v) is 3.36. The van der Waals surface area contributed by atoms with E-state index in [1.807, 2.05) is 0 Å². The summed E-state index contributed by atoms with van der Waals surface area (Å²) in [6.45, 7) is 3.44. The summed E-state index contributed by atoms with van der Waals surface area (Å²) in [5.41, 5.74) is 3.15. The Labute approximate surface area is 93.6 Å². The second-order valence-corrected chi connectivity index (χ2v) is 4.60. The van der Waals surface area contributed by atoms with Gasteiger partial charge in [-0.05, 0) is 31.3 Å². The lowest BCUT2D eigenvalue weighted by Crippen LogP contribution is -2.27. The number of unbranched alkanes of at least 4 members (excludes halogenated alkanes) is 2. The zero-order valence-electron chi connectivity index (χ0n) is 9.81. The average molecular weight is 204 g/mol. The first-order valence-electron chi connectivity index (χ1n) is 6.40. The van der Waals surface area contributed by atoms with Crippen LogP contribution in [0.25, 0.3) is 0 Å². The Morgan fingerprint density at radius 1 is 1.33 bits per heavy atom. The molecule has 1 radical (unpaired) electrons. The van der Waals surface area contributed by atoms with Gasteiger partial charge in [-0.15, -0.1) is 0 Å². The van der Waals surface area contributed by atoms with Crippen LogP contribution in [0.4, 0.5) is 0 Å². The van der Waals surface area contributed by atoms with Crippen molar-refractivity contribution < 1.29 is 0 Å². The Balaban J connectivity index is 1.94. The lowest BCUT2D eigenvalue weighted by Gasteiger charge is -2.29. The summed E-state index contributed by atoms with van der Waals surface area (Å²) in [5, 5.41) is 3.59. The molecule has 0 bridgehead atoms. The SMILES string of the molecule is CCCCC[C]1C=CCC2=C1NCCC2. The molecule has 15 heavy (non-hydrogen) atoms. The van der Waals surface area contributed by atoms with Gasteiger partial charge in [0, 0.05) is 18.2 Å². The Hall–Kier alpha value is -0.720. The van der Waals surface area contributed by atoms with Crippen molar-refractivity contribution in [2.75, 3.05) is 6.54 Å². The molecule has 0 aromatic rings. The molecule has 0 saturated carbocycles. The van der Waals surface area contributed by atoms with E-state index in [2.05, 4.69) is 24.4 Å². The highest BCUT2D eigenvalue weighted by Crippen LogP contribution is 2.33. The van der Waals surface area contributed by atoms with Crippen LogP contribution < -0.4 is 5.32 Å². The van der Waals surface area contributed by atoms with E-state index in [0.29, 0.717) is 0 Å². The van der Waals surface area contributed by atoms with Gasteiger partial charge in [0.2, 0.25) is 0 Å². The molecule has 1 N–H and O–H groups in total. The Morgan fingerprint density at radius 2 is 2.27 bits per heavy atom. The molecular formula is C14H22N. The van der Waals surface area contributed by atoms with Crippen LogP contribution in [-0.2, 0) is 0 Å². The van der Waals surface area contributed by atoms with E-state index in [0.717, 1.165) is 0 Å². The summed E-state index contributed by atoms with van der Waals surface area (Å²) in [7, 11) is 0. The fraction of sp³-hybridized carbons (Fsp3) is 0.643. The standard InChI is InChI=1S/C14H22N/c1-2-3-4-7-12-8-5-9-13-10-6-11-15-14(12)13/h5,8,15H,2-4,6-7,9-11H2,1H3. The average Bonchev–Trinajstić information content (AvgIpc) is 2.30. The lowest BCUT2D eigenvalue weighted by atomic mass is 9.85. The Morgan fingerprint density at radius 3 is 3.13 bits per heavy atom. The normalized spacial score (nSPS) is 21.4. The first-order valence-corrected chi connectivity index (χ1v) is 6.40. The van der Waals surface area contributed by atoms with Crippen LogP contribution in [0.1, 0.15) is 51.9 Å². The van der Waals surface area contributed by atoms with Gasteiger partial charge in [0.05, 0.1) is 0 Å². The van der Waals surface area contributed by atoms with Crippen molar-refractivity contribution in [2.24, 2.45) is 0 Å². The molecule has 0 amide bonds. The van der Waals surface area contributed by atoms with Crippen LogP contribution in [0, 0.1) is 5.92 Å². The third-order valence-electron chi connectivity index (χ3n) is 3.36. The molecule has 1 heterocycles. The van der Waals surface area contributed by atoms with Crippen LogP contribution >= 0.6 is 0 Å². The van der Waals surface area contributed by atoms with Crippen LogP contribution in [0.15, 0.2) is 23.4 Å². The lowest BCUT2D eigenvalue weighted by molar-refractivity contribution is 0.611. The molecule has 83 valence electrons. The molecule has 2 rings (SSSR count). The number of hydrogen-bond acceptors (Lipinski definition) is 1. The molecule has 0 atom stereocenters. The highest BCUT2D eigenvalue weighted by atomic mass is 14.9. The summed E-state index contributed by atoms with van der Waals surface area (Å²) in [6.07, 6.45) is 13.8. The van der Waals surface area contributed by atoms with Crippen molar-refractivity contribution in [1.29, 1.82) is 0 Å². The van der Waals surface area contributed by atoms with Gasteiger partial charge in [0.1, 0.15) is 0 Å². The number of hydrogen-bond donors (Lipinski definition) is 1. The smallest absolute Gasteiger partial charge is 0.0425 e. The first kappa shape index (κ1) is 10.8. The highest BCUT2D eigenvalue weighted by Gasteiger charge is 2.21. The summed E-state index contributed by atoms with van der Waals surface area (Å²) >= 11 is 0. The van der Waals surface area contributed by atoms with E-state index in [1.54, 1.807) is 11.5 Å². The van der Waals surface area contributed by atoms with Gasteiger partial charge in [0.15, 0.2) is 0 Å². The molecule has 1 aliphatic heterocycles. The Kier molecular flexibility index (Phi) is 3.87. The van der Waals surface area contributed by atoms with Gasteiger partial charge in [-0.1, -0.05) is 38.3 Å². The Bertz CT molecular complexity index is 263. The summed E-state index contributed by atoms with van der Waals surface area (Å²) < 4.78 is 0. The summed E-state index contributed by atoms with van der Waals surface area (Å²) in [5.74, 6) is 1.56. The van der Waals surface area contributed by atoms with Gasteiger partial charge in [-0.25, -0.2) is 0 Å². The molecule has 1 aliphatic carbocycles. The van der Waals surface area contributed by atoms with E-state index in [9.17, 15) is 0 Å². The summed E-state index contributed by atoms with van der Waals surface area (Å²) in [6, 6.07) is 0. The molecule has 1 heteroatoms. The van der Waals surface area contributed by atoms with Crippen LogP contribution in [0.2, 0.25) is 0 Å². The molecule has 0 aromatic carbocycles. The largest absolute Gasteiger partial charge is 0.388 e. The molecular weight excluding hydrogens is 182 g/mol. The minimum absolute atomic E-state index is 1.17. The van der Waals surface area contributed by atoms with Gasteiger partial charge in [-0.2, -0.15) is 0 Å². The van der Waals surface area contributed by atoms with Gasteiger partial charge in [0.25, 0.3) is 0 Å². The molecule has 0 spiro atoms. The van der Waals surface area contributed by atoms with E-state index in [-0.39, 0.29) is 0 Å². The predicted octanol–water partition coefficient (Wildman–Crippen LogP) is 3.74. The molecule has 0 aromatic heterocycles. The molecule has 1 nitrogen and oxygen atoms in total. The monoisotopic (exact) mass is 204 g/mol. The van der Waals surface area contributed by atoms with E-state index >= 15 is 0 Å². The molecule has 2 aliphatic rings. The quantitative estimate of drug-likeness (QED) is 0.688. The first-order chi connectivity index (χ1) is 7.42. The van der Waals surface area contributed by atoms with Crippen molar-refractivity contribution >= 4 is 0 Å². The van der Waals surface area contributed by atoms with Crippen LogP contribution in [0.3, 0.4) is 0 Å². The maximum atomic E-state index is 3.59. The zero-order valence-corrected chi connectivity index (χ0v) is 9.81. The van der Waals surface area contributed by atoms with Gasteiger partial charge < -0.3 is 5.32 Å². The number of rotatable bonds is 4. The van der Waals surface area contributed by atoms with Crippen molar-refractivity contribution in [1.82, 2.24) is 5.32 Å². The topological polar surface area (TPSA) is 12.0 Å². The fourth-order valence-corrected chi connectivity index (χ4v) is 2.51. The predicted molar refractivity (Wildman–Crippen MR) is 65.4 cm³/mol. The molecule has 0 saturated heterocycles. The minimum Gasteiger partial charge on any atom is -0.388 e. The number of nitrogens with one attached hydrogen (secondary N) is 1. The van der Waals surface area contributed by atoms with Crippen molar-refractivity contribution in [3.63, 3.8) is 0 Å². The summed E-state index contributed by atoms with van der Waals surface area (Å²) in [4.78, 5) is 0. The van der Waals surface area contributed by atoms with Crippen molar-refractivity contribution in [2.45, 2.75) is 51.9 Å². The van der Waals surface area contributed by atoms with Gasteiger partial charge in [-0.3, -0.25) is 0 Å². The molecule has 0 unspecified atom stereocenters. The highest BCUT2D eigenvalue weighted by molar-refractivity contribution is 5.41. The van der Waals surface area contributed by atoms with Crippen LogP contribution in [-0.4, -0.2) is 6.54 Å². The van der Waals surface area contributed by atoms with Crippen molar-refractivity contribution in [3.05, 3.63) is 29.3 Å². The number of allylic oxidation sites excluding steroid dienone is 3. The van der Waals surface area contributed by atoms with E-state index in [1.165, 1.54) is 57.2 Å². The second-order valence-electron chi connectivity index (χ2n) is 4.60. The van der Waals surface area contributed by atoms with E-state index in [4.69, 9.17) is 0 Å². The zero-order chi connectivity index (χ0) is 10.5. The second kappa shape index (κ2) is 5.39. The van der Waals surface area contributed by atoms with E-state index < -0.39 is 0 Å². The maximum absolute atomic E-state index is 3.59. The third kappa shape index (κ3) is 2.64. The van der Waals surface area contributed by atoms with Crippen molar-refractivity contribution in [3.8, 4) is 0 Å². The van der Waals surface area contributed by atoms with Crippen LogP contribution in [0.5, 0.6) is 0 Å². The molecule has 0 fully saturated rings. The minimum atomic E-state index is 1.17. The fourth-order valence-electron chi connectivity index (χ4n) is 2.51. The van der Waals surface area contributed by atoms with Gasteiger partial charge >= 0.3 is 0 Å². The maximum Gasteiger partial charge on any atom is 0.0425 e.